The first-order valence-electron chi connectivity index (χ1n) is 10.8. The van der Waals surface area contributed by atoms with Gasteiger partial charge in [-0.05, 0) is 29.5 Å². The van der Waals surface area contributed by atoms with Crippen molar-refractivity contribution in [3.8, 4) is 22.4 Å². The molecule has 0 saturated carbocycles. The SMILES string of the molecule is CCc1cccc(CC)c1NC(=O)c1c(-c2ccccc2)c(-c2ccccc2)n[nH]c1=O. The van der Waals surface area contributed by atoms with E-state index in [1.165, 1.54) is 0 Å². The van der Waals surface area contributed by atoms with E-state index in [-0.39, 0.29) is 5.56 Å². The predicted octanol–water partition coefficient (Wildman–Crippen LogP) is 5.48. The fourth-order valence-electron chi connectivity index (χ4n) is 3.94. The molecule has 1 aromatic heterocycles. The summed E-state index contributed by atoms with van der Waals surface area (Å²) >= 11 is 0. The highest BCUT2D eigenvalue weighted by Crippen LogP contribution is 2.32. The number of hydrogen-bond donors (Lipinski definition) is 2. The zero-order valence-corrected chi connectivity index (χ0v) is 18.2. The molecule has 0 saturated heterocycles. The number of anilines is 1. The number of rotatable bonds is 6. The minimum atomic E-state index is -0.520. The normalized spacial score (nSPS) is 10.7. The van der Waals surface area contributed by atoms with Crippen LogP contribution < -0.4 is 10.9 Å². The number of aryl methyl sites for hydroxylation is 2. The van der Waals surface area contributed by atoms with Gasteiger partial charge in [0.1, 0.15) is 5.56 Å². The number of aromatic nitrogens is 2. The zero-order valence-electron chi connectivity index (χ0n) is 18.2. The highest BCUT2D eigenvalue weighted by Gasteiger charge is 2.24. The summed E-state index contributed by atoms with van der Waals surface area (Å²) in [6.45, 7) is 4.10. The van der Waals surface area contributed by atoms with Gasteiger partial charge in [-0.2, -0.15) is 5.10 Å². The summed E-state index contributed by atoms with van der Waals surface area (Å²) in [4.78, 5) is 26.5. The Morgan fingerprint density at radius 3 is 1.94 bits per heavy atom. The van der Waals surface area contributed by atoms with E-state index in [1.54, 1.807) is 0 Å². The third-order valence-corrected chi connectivity index (χ3v) is 5.56. The Labute approximate surface area is 187 Å². The van der Waals surface area contributed by atoms with E-state index >= 15 is 0 Å². The van der Waals surface area contributed by atoms with E-state index in [4.69, 9.17) is 0 Å². The average Bonchev–Trinajstić information content (AvgIpc) is 2.84. The van der Waals surface area contributed by atoms with Gasteiger partial charge in [-0.25, -0.2) is 5.10 Å². The maximum atomic E-state index is 13.6. The molecule has 5 heteroatoms. The number of nitrogens with one attached hydrogen (secondary N) is 2. The molecule has 0 unspecified atom stereocenters. The van der Waals surface area contributed by atoms with Gasteiger partial charge in [0, 0.05) is 16.8 Å². The van der Waals surface area contributed by atoms with Crippen LogP contribution in [0.15, 0.2) is 83.7 Å². The fourth-order valence-corrected chi connectivity index (χ4v) is 3.94. The Kier molecular flexibility index (Phi) is 6.26. The van der Waals surface area contributed by atoms with Crippen molar-refractivity contribution in [1.82, 2.24) is 10.2 Å². The minimum absolute atomic E-state index is 0.0537. The summed E-state index contributed by atoms with van der Waals surface area (Å²) in [5.41, 5.74) is 5.03. The lowest BCUT2D eigenvalue weighted by molar-refractivity contribution is 0.102. The summed E-state index contributed by atoms with van der Waals surface area (Å²) in [5.74, 6) is -0.444. The Bertz CT molecular complexity index is 1270. The number of hydrogen-bond acceptors (Lipinski definition) is 3. The van der Waals surface area contributed by atoms with Gasteiger partial charge < -0.3 is 5.32 Å². The van der Waals surface area contributed by atoms with Gasteiger partial charge in [0.2, 0.25) is 0 Å². The molecule has 160 valence electrons. The van der Waals surface area contributed by atoms with Crippen LogP contribution in [0, 0.1) is 0 Å². The van der Waals surface area contributed by atoms with Gasteiger partial charge in [-0.15, -0.1) is 0 Å². The van der Waals surface area contributed by atoms with Crippen LogP contribution in [0.2, 0.25) is 0 Å². The third-order valence-electron chi connectivity index (χ3n) is 5.56. The van der Waals surface area contributed by atoms with Crippen LogP contribution in [0.1, 0.15) is 35.3 Å². The monoisotopic (exact) mass is 423 g/mol. The molecule has 0 fully saturated rings. The Morgan fingerprint density at radius 1 is 0.812 bits per heavy atom. The van der Waals surface area contributed by atoms with E-state index in [1.807, 2.05) is 92.7 Å². The minimum Gasteiger partial charge on any atom is -0.321 e. The number of H-pyrrole nitrogens is 1. The second-order valence-corrected chi connectivity index (χ2v) is 7.50. The molecule has 0 atom stereocenters. The fraction of sp³-hybridized carbons (Fsp3) is 0.148. The summed E-state index contributed by atoms with van der Waals surface area (Å²) < 4.78 is 0. The van der Waals surface area contributed by atoms with E-state index in [0.29, 0.717) is 11.3 Å². The second kappa shape index (κ2) is 9.43. The number of para-hydroxylation sites is 1. The van der Waals surface area contributed by atoms with E-state index < -0.39 is 11.5 Å². The number of aromatic amines is 1. The average molecular weight is 424 g/mol. The van der Waals surface area contributed by atoms with Crippen molar-refractivity contribution < 1.29 is 4.79 Å². The quantitative estimate of drug-likeness (QED) is 0.431. The largest absolute Gasteiger partial charge is 0.321 e. The Balaban J connectivity index is 1.92. The van der Waals surface area contributed by atoms with Gasteiger partial charge in [0.25, 0.3) is 11.5 Å². The molecule has 1 amide bonds. The molecule has 0 spiro atoms. The number of nitrogens with zero attached hydrogens (tertiary/aromatic N) is 1. The second-order valence-electron chi connectivity index (χ2n) is 7.50. The van der Waals surface area contributed by atoms with E-state index in [2.05, 4.69) is 15.5 Å². The summed E-state index contributed by atoms with van der Waals surface area (Å²) in [5, 5.41) is 9.90. The zero-order chi connectivity index (χ0) is 22.5. The molecular weight excluding hydrogens is 398 g/mol. The number of amides is 1. The predicted molar refractivity (Wildman–Crippen MR) is 129 cm³/mol. The highest BCUT2D eigenvalue weighted by molar-refractivity contribution is 6.10. The maximum Gasteiger partial charge on any atom is 0.277 e. The first kappa shape index (κ1) is 21.2. The first-order chi connectivity index (χ1) is 15.6. The molecule has 2 N–H and O–H groups in total. The molecule has 0 bridgehead atoms. The lowest BCUT2D eigenvalue weighted by atomic mass is 9.95. The molecule has 0 aliphatic rings. The molecule has 3 aromatic carbocycles. The van der Waals surface area contributed by atoms with Crippen LogP contribution in [-0.4, -0.2) is 16.1 Å². The molecule has 0 aliphatic heterocycles. The smallest absolute Gasteiger partial charge is 0.277 e. The molecule has 32 heavy (non-hydrogen) atoms. The van der Waals surface area contributed by atoms with Crippen molar-refractivity contribution in [3.05, 3.63) is 106 Å². The molecule has 4 rings (SSSR count). The van der Waals surface area contributed by atoms with Crippen LogP contribution >= 0.6 is 0 Å². The molecular formula is C27H25N3O2. The number of benzene rings is 3. The summed E-state index contributed by atoms with van der Waals surface area (Å²) in [7, 11) is 0. The van der Waals surface area contributed by atoms with Crippen molar-refractivity contribution in [1.29, 1.82) is 0 Å². The van der Waals surface area contributed by atoms with Crippen molar-refractivity contribution >= 4 is 11.6 Å². The highest BCUT2D eigenvalue weighted by atomic mass is 16.2. The molecule has 0 aliphatic carbocycles. The van der Waals surface area contributed by atoms with Crippen LogP contribution in [0.5, 0.6) is 0 Å². The van der Waals surface area contributed by atoms with Crippen molar-refractivity contribution in [2.24, 2.45) is 0 Å². The van der Waals surface area contributed by atoms with Gasteiger partial charge in [-0.1, -0.05) is 92.7 Å². The van der Waals surface area contributed by atoms with Crippen LogP contribution in [-0.2, 0) is 12.8 Å². The molecule has 4 aromatic rings. The van der Waals surface area contributed by atoms with Gasteiger partial charge in [0.05, 0.1) is 5.69 Å². The van der Waals surface area contributed by atoms with Crippen LogP contribution in [0.25, 0.3) is 22.4 Å². The Morgan fingerprint density at radius 2 is 1.38 bits per heavy atom. The van der Waals surface area contributed by atoms with E-state index in [9.17, 15) is 9.59 Å². The topological polar surface area (TPSA) is 74.8 Å². The third kappa shape index (κ3) is 4.10. The van der Waals surface area contributed by atoms with E-state index in [0.717, 1.165) is 40.8 Å². The molecule has 5 nitrogen and oxygen atoms in total. The number of carbonyl (C=O) groups is 1. The summed E-state index contributed by atoms with van der Waals surface area (Å²) in [6, 6.07) is 25.0. The van der Waals surface area contributed by atoms with Crippen molar-refractivity contribution in [2.75, 3.05) is 5.32 Å². The van der Waals surface area contributed by atoms with Crippen molar-refractivity contribution in [3.63, 3.8) is 0 Å². The van der Waals surface area contributed by atoms with Crippen LogP contribution in [0.3, 0.4) is 0 Å². The molecule has 0 radical (unpaired) electrons. The molecule has 1 heterocycles. The standard InChI is InChI=1S/C27H25N3O2/c1-3-18-16-11-17-19(4-2)24(18)28-26(31)23-22(20-12-7-5-8-13-20)25(29-30-27(23)32)21-14-9-6-10-15-21/h5-17H,3-4H2,1-2H3,(H,28,31)(H,30,32). The van der Waals surface area contributed by atoms with Gasteiger partial charge in [0.15, 0.2) is 0 Å². The van der Waals surface area contributed by atoms with Crippen molar-refractivity contribution in [2.45, 2.75) is 26.7 Å². The first-order valence-corrected chi connectivity index (χ1v) is 10.8. The van der Waals surface area contributed by atoms with Crippen LogP contribution in [0.4, 0.5) is 5.69 Å². The summed E-state index contributed by atoms with van der Waals surface area (Å²) in [6.07, 6.45) is 1.55. The van der Waals surface area contributed by atoms with Gasteiger partial charge in [-0.3, -0.25) is 9.59 Å². The van der Waals surface area contributed by atoms with Gasteiger partial charge >= 0.3 is 0 Å². The number of carbonyl (C=O) groups excluding carboxylic acids is 1. The lowest BCUT2D eigenvalue weighted by Gasteiger charge is -2.17. The Hall–Kier alpha value is -3.99. The lowest BCUT2D eigenvalue weighted by Crippen LogP contribution is -2.27. The maximum absolute atomic E-state index is 13.6.